The van der Waals surface area contributed by atoms with Crippen LogP contribution in [0.5, 0.6) is 0 Å². The van der Waals surface area contributed by atoms with Crippen molar-refractivity contribution in [3.8, 4) is 0 Å². The SMILES string of the molecule is CNC(Cc1cccc(F)c1F)C(C)(C)N1CCCC1. The van der Waals surface area contributed by atoms with Crippen molar-refractivity contribution >= 4 is 0 Å². The molecule has 0 bridgehead atoms. The molecule has 4 heteroatoms. The summed E-state index contributed by atoms with van der Waals surface area (Å²) in [6.45, 7) is 6.51. The summed E-state index contributed by atoms with van der Waals surface area (Å²) in [5.41, 5.74) is 0.362. The number of hydrogen-bond donors (Lipinski definition) is 1. The lowest BCUT2D eigenvalue weighted by Gasteiger charge is -2.42. The summed E-state index contributed by atoms with van der Waals surface area (Å²) in [5.74, 6) is -1.48. The van der Waals surface area contributed by atoms with E-state index >= 15 is 0 Å². The molecule has 1 unspecified atom stereocenters. The van der Waals surface area contributed by atoms with Gasteiger partial charge in [-0.15, -0.1) is 0 Å². The van der Waals surface area contributed by atoms with Crippen molar-refractivity contribution in [2.24, 2.45) is 0 Å². The summed E-state index contributed by atoms with van der Waals surface area (Å²) in [6.07, 6.45) is 2.92. The van der Waals surface area contributed by atoms with Crippen molar-refractivity contribution in [1.82, 2.24) is 10.2 Å². The molecule has 1 aliphatic rings. The normalized spacial score (nSPS) is 18.4. The predicted molar refractivity (Wildman–Crippen MR) is 77.8 cm³/mol. The van der Waals surface area contributed by atoms with Crippen molar-refractivity contribution in [2.75, 3.05) is 20.1 Å². The molecule has 20 heavy (non-hydrogen) atoms. The maximum atomic E-state index is 13.8. The van der Waals surface area contributed by atoms with E-state index in [2.05, 4.69) is 24.1 Å². The molecule has 0 saturated carbocycles. The quantitative estimate of drug-likeness (QED) is 0.893. The van der Waals surface area contributed by atoms with E-state index in [1.807, 2.05) is 7.05 Å². The van der Waals surface area contributed by atoms with E-state index in [0.717, 1.165) is 13.1 Å². The number of likely N-dealkylation sites (N-methyl/N-ethyl adjacent to an activating group) is 1. The molecule has 1 aliphatic heterocycles. The highest BCUT2D eigenvalue weighted by Gasteiger charge is 2.36. The zero-order chi connectivity index (χ0) is 14.8. The Morgan fingerprint density at radius 2 is 1.90 bits per heavy atom. The van der Waals surface area contributed by atoms with Gasteiger partial charge in [-0.1, -0.05) is 12.1 Å². The number of halogens is 2. The van der Waals surface area contributed by atoms with Crippen molar-refractivity contribution in [1.29, 1.82) is 0 Å². The predicted octanol–water partition coefficient (Wildman–Crippen LogP) is 2.97. The molecule has 1 aromatic rings. The molecule has 1 N–H and O–H groups in total. The van der Waals surface area contributed by atoms with Gasteiger partial charge in [0.1, 0.15) is 0 Å². The van der Waals surface area contributed by atoms with Gasteiger partial charge in [-0.2, -0.15) is 0 Å². The van der Waals surface area contributed by atoms with Crippen LogP contribution in [-0.2, 0) is 6.42 Å². The summed E-state index contributed by atoms with van der Waals surface area (Å²) < 4.78 is 27.2. The first-order chi connectivity index (χ1) is 9.46. The van der Waals surface area contributed by atoms with Gasteiger partial charge in [0, 0.05) is 11.6 Å². The fraction of sp³-hybridized carbons (Fsp3) is 0.625. The van der Waals surface area contributed by atoms with Crippen LogP contribution in [0.2, 0.25) is 0 Å². The van der Waals surface area contributed by atoms with E-state index in [4.69, 9.17) is 0 Å². The van der Waals surface area contributed by atoms with Crippen LogP contribution < -0.4 is 5.32 Å². The van der Waals surface area contributed by atoms with Crippen LogP contribution in [-0.4, -0.2) is 36.6 Å². The fourth-order valence-corrected chi connectivity index (χ4v) is 3.14. The Balaban J connectivity index is 2.17. The molecule has 0 aromatic heterocycles. The van der Waals surface area contributed by atoms with E-state index in [1.54, 1.807) is 12.1 Å². The molecule has 0 aliphatic carbocycles. The minimum absolute atomic E-state index is 0.0794. The Morgan fingerprint density at radius 1 is 1.25 bits per heavy atom. The summed E-state index contributed by atoms with van der Waals surface area (Å²) in [5, 5.41) is 3.28. The summed E-state index contributed by atoms with van der Waals surface area (Å²) in [4.78, 5) is 2.44. The van der Waals surface area contributed by atoms with Crippen LogP contribution in [0.25, 0.3) is 0 Å². The van der Waals surface area contributed by atoms with Gasteiger partial charge < -0.3 is 5.32 Å². The van der Waals surface area contributed by atoms with Crippen molar-refractivity contribution < 1.29 is 8.78 Å². The van der Waals surface area contributed by atoms with Crippen molar-refractivity contribution in [3.63, 3.8) is 0 Å². The number of hydrogen-bond acceptors (Lipinski definition) is 2. The maximum Gasteiger partial charge on any atom is 0.162 e. The smallest absolute Gasteiger partial charge is 0.162 e. The second-order valence-electron chi connectivity index (χ2n) is 6.11. The van der Waals surface area contributed by atoms with Gasteiger partial charge in [0.2, 0.25) is 0 Å². The molecule has 0 spiro atoms. The Bertz CT molecular complexity index is 454. The monoisotopic (exact) mass is 282 g/mol. The van der Waals surface area contributed by atoms with Gasteiger partial charge in [-0.3, -0.25) is 4.90 Å². The average molecular weight is 282 g/mol. The molecule has 1 saturated heterocycles. The highest BCUT2D eigenvalue weighted by atomic mass is 19.2. The molecular weight excluding hydrogens is 258 g/mol. The number of nitrogens with one attached hydrogen (secondary N) is 1. The third-order valence-corrected chi connectivity index (χ3v) is 4.58. The summed E-state index contributed by atoms with van der Waals surface area (Å²) >= 11 is 0. The van der Waals surface area contributed by atoms with Gasteiger partial charge >= 0.3 is 0 Å². The van der Waals surface area contributed by atoms with Crippen LogP contribution in [0.15, 0.2) is 18.2 Å². The van der Waals surface area contributed by atoms with Crippen LogP contribution >= 0.6 is 0 Å². The Morgan fingerprint density at radius 3 is 2.50 bits per heavy atom. The van der Waals surface area contributed by atoms with E-state index in [-0.39, 0.29) is 11.6 Å². The van der Waals surface area contributed by atoms with Crippen LogP contribution in [0.1, 0.15) is 32.3 Å². The fourth-order valence-electron chi connectivity index (χ4n) is 3.14. The average Bonchev–Trinajstić information content (AvgIpc) is 2.95. The van der Waals surface area contributed by atoms with E-state index in [0.29, 0.717) is 12.0 Å². The van der Waals surface area contributed by atoms with E-state index < -0.39 is 11.6 Å². The Hall–Kier alpha value is -1.00. The van der Waals surface area contributed by atoms with Crippen LogP contribution in [0.4, 0.5) is 8.78 Å². The number of likely N-dealkylation sites (tertiary alicyclic amines) is 1. The first-order valence-corrected chi connectivity index (χ1v) is 7.32. The highest BCUT2D eigenvalue weighted by Crippen LogP contribution is 2.27. The molecule has 1 heterocycles. The van der Waals surface area contributed by atoms with Gasteiger partial charge in [-0.05, 0) is 64.9 Å². The Labute approximate surface area is 120 Å². The van der Waals surface area contributed by atoms with Crippen LogP contribution in [0, 0.1) is 11.6 Å². The zero-order valence-electron chi connectivity index (χ0n) is 12.5. The third kappa shape index (κ3) is 3.01. The number of benzene rings is 1. The van der Waals surface area contributed by atoms with Gasteiger partial charge in [0.15, 0.2) is 11.6 Å². The summed E-state index contributed by atoms with van der Waals surface area (Å²) in [7, 11) is 1.89. The lowest BCUT2D eigenvalue weighted by atomic mass is 9.87. The molecule has 2 rings (SSSR count). The second kappa shape index (κ2) is 6.19. The molecule has 1 fully saturated rings. The number of nitrogens with zero attached hydrogens (tertiary/aromatic N) is 1. The highest BCUT2D eigenvalue weighted by molar-refractivity contribution is 5.21. The molecule has 1 aromatic carbocycles. The van der Waals surface area contributed by atoms with Crippen molar-refractivity contribution in [3.05, 3.63) is 35.4 Å². The topological polar surface area (TPSA) is 15.3 Å². The molecule has 0 amide bonds. The van der Waals surface area contributed by atoms with Crippen molar-refractivity contribution in [2.45, 2.75) is 44.7 Å². The van der Waals surface area contributed by atoms with E-state index in [9.17, 15) is 8.78 Å². The molecule has 112 valence electrons. The molecular formula is C16H24F2N2. The first kappa shape index (κ1) is 15.4. The molecule has 0 radical (unpaired) electrons. The van der Waals surface area contributed by atoms with Gasteiger partial charge in [0.25, 0.3) is 0 Å². The van der Waals surface area contributed by atoms with Crippen LogP contribution in [0.3, 0.4) is 0 Å². The second-order valence-corrected chi connectivity index (χ2v) is 6.11. The largest absolute Gasteiger partial charge is 0.315 e. The van der Waals surface area contributed by atoms with Gasteiger partial charge in [-0.25, -0.2) is 8.78 Å². The Kier molecular flexibility index (Phi) is 4.76. The molecule has 1 atom stereocenters. The molecule has 2 nitrogen and oxygen atoms in total. The maximum absolute atomic E-state index is 13.8. The number of rotatable bonds is 5. The standard InChI is InChI=1S/C16H24F2N2/c1-16(2,20-9-4-5-10-20)14(19-3)11-12-7-6-8-13(17)15(12)18/h6-8,14,19H,4-5,9-11H2,1-3H3. The lowest BCUT2D eigenvalue weighted by molar-refractivity contribution is 0.110. The minimum atomic E-state index is -0.767. The first-order valence-electron chi connectivity index (χ1n) is 7.32. The zero-order valence-corrected chi connectivity index (χ0v) is 12.5. The third-order valence-electron chi connectivity index (χ3n) is 4.58. The van der Waals surface area contributed by atoms with Gasteiger partial charge in [0.05, 0.1) is 0 Å². The minimum Gasteiger partial charge on any atom is -0.315 e. The van der Waals surface area contributed by atoms with E-state index in [1.165, 1.54) is 18.9 Å². The summed E-state index contributed by atoms with van der Waals surface area (Å²) in [6, 6.07) is 4.49. The lowest BCUT2D eigenvalue weighted by Crippen LogP contribution is -2.57.